The molecule has 0 heteroatoms. The van der Waals surface area contributed by atoms with Crippen molar-refractivity contribution in [2.75, 3.05) is 0 Å². The van der Waals surface area contributed by atoms with Crippen LogP contribution in [0.15, 0.2) is 57.7 Å². The van der Waals surface area contributed by atoms with Gasteiger partial charge < -0.3 is 0 Å². The van der Waals surface area contributed by atoms with Gasteiger partial charge in [0.05, 0.1) is 0 Å². The Kier molecular flexibility index (Phi) is 3.40. The SMILES string of the molecule is C1=C2CC3CCC4=CC5CC=C6CC7CC8CCC9=CC%10CCC1C1=C%11C2C2C3C4C3C5C6C4C7C5C8C9C(C1%10)C1C%11C2C3C4C15. The molecular formula is C46H50. The van der Waals surface area contributed by atoms with Crippen LogP contribution in [0.4, 0.5) is 0 Å². The summed E-state index contributed by atoms with van der Waals surface area (Å²) < 4.78 is 0. The van der Waals surface area contributed by atoms with Crippen LogP contribution in [0.2, 0.25) is 0 Å². The Hall–Kier alpha value is -1.30. The zero-order chi connectivity index (χ0) is 28.4. The van der Waals surface area contributed by atoms with Crippen LogP contribution in [0.1, 0.15) is 64.2 Å². The van der Waals surface area contributed by atoms with Crippen molar-refractivity contribution >= 4 is 0 Å². The highest BCUT2D eigenvalue weighted by Gasteiger charge is 2.83. The molecule has 0 bridgehead atoms. The Labute approximate surface area is 275 Å². The van der Waals surface area contributed by atoms with Gasteiger partial charge in [0.15, 0.2) is 0 Å². The zero-order valence-electron chi connectivity index (χ0n) is 27.4. The molecule has 0 heterocycles. The lowest BCUT2D eigenvalue weighted by Crippen LogP contribution is -2.68. The molecule has 17 rings (SSSR count). The van der Waals surface area contributed by atoms with Gasteiger partial charge in [-0.2, -0.15) is 0 Å². The van der Waals surface area contributed by atoms with Gasteiger partial charge in [0.25, 0.3) is 0 Å². The van der Waals surface area contributed by atoms with Gasteiger partial charge in [-0.15, -0.1) is 0 Å². The van der Waals surface area contributed by atoms with E-state index in [1.807, 2.05) is 0 Å². The van der Waals surface area contributed by atoms with E-state index in [2.05, 4.69) is 57.7 Å². The van der Waals surface area contributed by atoms with Crippen molar-refractivity contribution in [3.05, 3.63) is 57.7 Å². The van der Waals surface area contributed by atoms with Crippen molar-refractivity contribution in [3.63, 3.8) is 0 Å². The van der Waals surface area contributed by atoms with Crippen molar-refractivity contribution in [3.8, 4) is 0 Å². The summed E-state index contributed by atoms with van der Waals surface area (Å²) >= 11 is 0. The minimum absolute atomic E-state index is 0.860. The molecule has 0 aromatic heterocycles. The van der Waals surface area contributed by atoms with Crippen molar-refractivity contribution < 1.29 is 0 Å². The molecule has 0 nitrogen and oxygen atoms in total. The van der Waals surface area contributed by atoms with Gasteiger partial charge in [-0.05, 0) is 212 Å². The monoisotopic (exact) mass is 602 g/mol. The summed E-state index contributed by atoms with van der Waals surface area (Å²) in [5.74, 6) is 27.4. The van der Waals surface area contributed by atoms with Crippen LogP contribution >= 0.6 is 0 Å². The van der Waals surface area contributed by atoms with Gasteiger partial charge in [0, 0.05) is 5.92 Å². The molecule has 0 N–H and O–H groups in total. The maximum absolute atomic E-state index is 3.07. The molecule has 0 saturated heterocycles. The fraction of sp³-hybridized carbons (Fsp3) is 0.783. The molecule has 26 unspecified atom stereocenters. The van der Waals surface area contributed by atoms with Gasteiger partial charge in [0.2, 0.25) is 0 Å². The first kappa shape index (κ1) is 23.2. The van der Waals surface area contributed by atoms with Crippen LogP contribution < -0.4 is 0 Å². The minimum atomic E-state index is 0.860. The van der Waals surface area contributed by atoms with Crippen molar-refractivity contribution in [1.29, 1.82) is 0 Å². The predicted molar refractivity (Wildman–Crippen MR) is 176 cm³/mol. The molecule has 12 fully saturated rings. The van der Waals surface area contributed by atoms with Crippen molar-refractivity contribution in [2.45, 2.75) is 64.2 Å². The topological polar surface area (TPSA) is 0 Å². The lowest BCUT2D eigenvalue weighted by Gasteiger charge is -2.73. The second-order valence-corrected chi connectivity index (χ2v) is 21.9. The molecule has 0 aromatic carbocycles. The Bertz CT molecular complexity index is 1810. The summed E-state index contributed by atoms with van der Waals surface area (Å²) in [5.41, 5.74) is 12.8. The third kappa shape index (κ3) is 1.96. The molecule has 26 atom stereocenters. The maximum atomic E-state index is 3.07. The minimum Gasteiger partial charge on any atom is -0.0844 e. The molecular weight excluding hydrogens is 553 g/mol. The van der Waals surface area contributed by atoms with Crippen LogP contribution in [0, 0.1) is 154 Å². The second kappa shape index (κ2) is 6.74. The van der Waals surface area contributed by atoms with E-state index < -0.39 is 0 Å². The summed E-state index contributed by atoms with van der Waals surface area (Å²) in [6.07, 6.45) is 27.5. The first-order valence-corrected chi connectivity index (χ1v) is 21.4. The molecule has 0 aliphatic heterocycles. The van der Waals surface area contributed by atoms with Crippen LogP contribution in [0.3, 0.4) is 0 Å². The largest absolute Gasteiger partial charge is 0.0844 e. The summed E-state index contributed by atoms with van der Waals surface area (Å²) in [6.45, 7) is 0. The highest BCUT2D eigenvalue weighted by molar-refractivity contribution is 5.53. The van der Waals surface area contributed by atoms with E-state index in [1.54, 1.807) is 25.7 Å². The second-order valence-electron chi connectivity index (χ2n) is 21.9. The Morgan fingerprint density at radius 1 is 0.413 bits per heavy atom. The normalized spacial score (nSPS) is 72.3. The Morgan fingerprint density at radius 2 is 1.11 bits per heavy atom. The standard InChI is InChI=1S/C46H50/c1-5-19-11-23-12-21-7-3-17-10-18-4-8-22-14-24-13-20-6-2-16-9-15(1)25-29(19)37-33(23)39-31(21)27(17)36-28(18)32(22)40-34(24)38-30(20)26(16)35(25)41-43(37)45(39)42(36)46(40)44(38)41/h5,9-10,14-15,18,20-23,25-31,33-39,41-46H,1-4,6-8,11-13H2. The molecule has 17 aliphatic rings. The van der Waals surface area contributed by atoms with Gasteiger partial charge in [-0.3, -0.25) is 0 Å². The molecule has 12 saturated carbocycles. The summed E-state index contributed by atoms with van der Waals surface area (Å²) in [5, 5.41) is 0. The molecule has 17 aliphatic carbocycles. The average Bonchev–Trinajstić information content (AvgIpc) is 3.64. The fourth-order valence-corrected chi connectivity index (χ4v) is 23.2. The lowest BCUT2D eigenvalue weighted by molar-refractivity contribution is -0.220. The van der Waals surface area contributed by atoms with Crippen LogP contribution in [0.5, 0.6) is 0 Å². The van der Waals surface area contributed by atoms with Crippen molar-refractivity contribution in [2.24, 2.45) is 154 Å². The summed E-state index contributed by atoms with van der Waals surface area (Å²) in [7, 11) is 0. The van der Waals surface area contributed by atoms with Crippen molar-refractivity contribution in [1.82, 2.24) is 0 Å². The third-order valence-electron chi connectivity index (χ3n) is 22.3. The Morgan fingerprint density at radius 3 is 2.04 bits per heavy atom. The van der Waals surface area contributed by atoms with E-state index >= 15 is 0 Å². The Balaban J connectivity index is 1.04. The maximum Gasteiger partial charge on any atom is 0.00475 e. The number of rotatable bonds is 0. The molecule has 0 amide bonds. The van der Waals surface area contributed by atoms with E-state index in [-0.39, 0.29) is 0 Å². The van der Waals surface area contributed by atoms with Crippen LogP contribution in [0.25, 0.3) is 0 Å². The van der Waals surface area contributed by atoms with Gasteiger partial charge >= 0.3 is 0 Å². The average molecular weight is 603 g/mol. The number of hydrogen-bond acceptors (Lipinski definition) is 0. The number of hydrogen-bond donors (Lipinski definition) is 0. The molecule has 0 radical (unpaired) electrons. The van der Waals surface area contributed by atoms with Crippen LogP contribution in [-0.2, 0) is 0 Å². The molecule has 46 heavy (non-hydrogen) atoms. The fourth-order valence-electron chi connectivity index (χ4n) is 23.2. The van der Waals surface area contributed by atoms with Gasteiger partial charge in [-0.25, -0.2) is 0 Å². The van der Waals surface area contributed by atoms with E-state index in [4.69, 9.17) is 0 Å². The molecule has 0 aromatic rings. The van der Waals surface area contributed by atoms with Gasteiger partial charge in [-0.1, -0.05) is 57.7 Å². The highest BCUT2D eigenvalue weighted by atomic mass is 14.9. The van der Waals surface area contributed by atoms with Gasteiger partial charge in [0.1, 0.15) is 0 Å². The van der Waals surface area contributed by atoms with E-state index in [0.717, 1.165) is 154 Å². The summed E-state index contributed by atoms with van der Waals surface area (Å²) in [6, 6.07) is 0. The quantitative estimate of drug-likeness (QED) is 0.243. The summed E-state index contributed by atoms with van der Waals surface area (Å²) in [4.78, 5) is 0. The van der Waals surface area contributed by atoms with E-state index in [0.29, 0.717) is 0 Å². The van der Waals surface area contributed by atoms with E-state index in [1.165, 1.54) is 38.5 Å². The lowest BCUT2D eigenvalue weighted by atomic mass is 9.31. The molecule has 0 spiro atoms. The number of allylic oxidation sites excluding steroid dienone is 10. The van der Waals surface area contributed by atoms with E-state index in [9.17, 15) is 0 Å². The smallest absolute Gasteiger partial charge is 0.00475 e. The zero-order valence-corrected chi connectivity index (χ0v) is 27.4. The predicted octanol–water partition coefficient (Wildman–Crippen LogP) is 9.14. The molecule has 234 valence electrons. The third-order valence-corrected chi connectivity index (χ3v) is 22.3. The first-order valence-electron chi connectivity index (χ1n) is 21.4. The highest BCUT2D eigenvalue weighted by Crippen LogP contribution is 2.88. The van der Waals surface area contributed by atoms with Crippen LogP contribution in [-0.4, -0.2) is 0 Å². The first-order chi connectivity index (χ1) is 22.8.